The van der Waals surface area contributed by atoms with Crippen molar-refractivity contribution in [2.24, 2.45) is 0 Å². The van der Waals surface area contributed by atoms with Crippen molar-refractivity contribution in [3.63, 3.8) is 0 Å². The molecule has 2 N–H and O–H groups in total. The Kier molecular flexibility index (Phi) is 20.7. The molecule has 3 nitrogen and oxygen atoms in total. The van der Waals surface area contributed by atoms with Crippen LogP contribution >= 0.6 is 0 Å². The smallest absolute Gasteiger partial charge is 0 e. The molecule has 0 aliphatic heterocycles. The van der Waals surface area contributed by atoms with Crippen molar-refractivity contribution in [1.29, 1.82) is 0 Å². The van der Waals surface area contributed by atoms with Crippen molar-refractivity contribution in [3.05, 3.63) is 0 Å². The van der Waals surface area contributed by atoms with E-state index in [9.17, 15) is 0 Å². The van der Waals surface area contributed by atoms with Crippen LogP contribution in [0.15, 0.2) is 0 Å². The molecular formula is H2O3Sn. The SMILES string of the molecule is OOO.[Sn]. The van der Waals surface area contributed by atoms with E-state index in [4.69, 9.17) is 10.5 Å². The average Bonchev–Trinajstić information content (AvgIpc) is 0.918. The predicted octanol–water partition coefficient (Wildman–Crippen LogP) is -0.432. The second-order valence-corrected chi connectivity index (χ2v) is 0.0816. The van der Waals surface area contributed by atoms with Crippen molar-refractivity contribution in [3.8, 4) is 0 Å². The molecule has 0 spiro atoms. The van der Waals surface area contributed by atoms with E-state index in [2.05, 4.69) is 5.04 Å². The van der Waals surface area contributed by atoms with Crippen molar-refractivity contribution < 1.29 is 15.6 Å². The van der Waals surface area contributed by atoms with Gasteiger partial charge in [-0.3, -0.25) is 0 Å². The van der Waals surface area contributed by atoms with Crippen molar-refractivity contribution >= 4 is 23.9 Å². The Morgan fingerprint density at radius 1 is 1.25 bits per heavy atom. The molecule has 0 saturated carbocycles. The molecule has 0 amide bonds. The summed E-state index contributed by atoms with van der Waals surface area (Å²) in [7, 11) is 0. The van der Waals surface area contributed by atoms with Gasteiger partial charge >= 0.3 is 0 Å². The van der Waals surface area contributed by atoms with E-state index in [1.807, 2.05) is 0 Å². The van der Waals surface area contributed by atoms with Crippen LogP contribution in [-0.2, 0) is 5.04 Å². The molecule has 0 rings (SSSR count). The van der Waals surface area contributed by atoms with Crippen LogP contribution in [0.4, 0.5) is 0 Å². The van der Waals surface area contributed by atoms with Gasteiger partial charge in [0.2, 0.25) is 0 Å². The maximum Gasteiger partial charge on any atom is 0 e. The monoisotopic (exact) mass is 170 g/mol. The zero-order valence-corrected chi connectivity index (χ0v) is 4.66. The summed E-state index contributed by atoms with van der Waals surface area (Å²) in [6.45, 7) is 0. The van der Waals surface area contributed by atoms with Crippen LogP contribution in [0.2, 0.25) is 0 Å². The van der Waals surface area contributed by atoms with Crippen molar-refractivity contribution in [1.82, 2.24) is 0 Å². The molecule has 0 aromatic heterocycles. The third kappa shape index (κ3) is 16.4. The molecule has 24 valence electrons. The van der Waals surface area contributed by atoms with Gasteiger partial charge in [0.1, 0.15) is 0 Å². The van der Waals surface area contributed by atoms with Crippen LogP contribution in [0.5, 0.6) is 0 Å². The largest absolute Gasteiger partial charge is 0.221 e. The minimum absolute atomic E-state index is 0. The number of rotatable bonds is 0. The summed E-state index contributed by atoms with van der Waals surface area (Å²) in [4.78, 5) is 0. The van der Waals surface area contributed by atoms with Gasteiger partial charge in [0.05, 0.1) is 0 Å². The normalized spacial score (nSPS) is 4.50. The Hall–Kier alpha value is 0.679. The Bertz CT molecular complexity index is 3.25. The van der Waals surface area contributed by atoms with Crippen LogP contribution < -0.4 is 0 Å². The fourth-order valence-electron chi connectivity index (χ4n) is 0. The molecule has 0 aliphatic carbocycles. The number of hydrogen-bond donors (Lipinski definition) is 2. The fourth-order valence-corrected chi connectivity index (χ4v) is 0. The summed E-state index contributed by atoms with van der Waals surface area (Å²) in [5.74, 6) is 0. The Morgan fingerprint density at radius 3 is 1.25 bits per heavy atom. The summed E-state index contributed by atoms with van der Waals surface area (Å²) in [6, 6.07) is 0. The maximum atomic E-state index is 6.62. The van der Waals surface area contributed by atoms with Gasteiger partial charge in [-0.1, -0.05) is 5.04 Å². The molecule has 0 aromatic carbocycles. The van der Waals surface area contributed by atoms with E-state index < -0.39 is 0 Å². The molecule has 0 bridgehead atoms. The quantitative estimate of drug-likeness (QED) is 0.293. The second-order valence-electron chi connectivity index (χ2n) is 0.0816. The minimum atomic E-state index is 0. The first-order chi connectivity index (χ1) is 1.41. The molecule has 0 heterocycles. The topological polar surface area (TPSA) is 49.7 Å². The molecule has 4 heteroatoms. The Morgan fingerprint density at radius 2 is 1.25 bits per heavy atom. The first kappa shape index (κ1) is 8.82. The molecule has 4 radical (unpaired) electrons. The molecule has 0 atom stereocenters. The fraction of sp³-hybridized carbons (Fsp3) is 0. The van der Waals surface area contributed by atoms with E-state index >= 15 is 0 Å². The zero-order chi connectivity index (χ0) is 2.71. The van der Waals surface area contributed by atoms with Crippen LogP contribution in [0, 0.1) is 0 Å². The maximum absolute atomic E-state index is 6.62. The van der Waals surface area contributed by atoms with E-state index in [0.29, 0.717) is 0 Å². The second kappa shape index (κ2) is 9.37. The standard InChI is InChI=1S/H2O3.Sn/c1-3-2;/h1-2H;. The Balaban J connectivity index is 0. The average molecular weight is 169 g/mol. The van der Waals surface area contributed by atoms with E-state index in [1.165, 1.54) is 0 Å². The van der Waals surface area contributed by atoms with Gasteiger partial charge in [0.15, 0.2) is 0 Å². The third-order valence-corrected chi connectivity index (χ3v) is 0. The molecular weight excluding hydrogens is 167 g/mol. The first-order valence-electron chi connectivity index (χ1n) is 0.365. The van der Waals surface area contributed by atoms with E-state index in [0.717, 1.165) is 0 Å². The molecule has 0 saturated heterocycles. The van der Waals surface area contributed by atoms with Gasteiger partial charge in [0, 0.05) is 23.9 Å². The molecule has 0 fully saturated rings. The molecule has 0 unspecified atom stereocenters. The summed E-state index contributed by atoms with van der Waals surface area (Å²) >= 11 is 0. The van der Waals surface area contributed by atoms with Gasteiger partial charge in [-0.15, -0.1) is 0 Å². The van der Waals surface area contributed by atoms with Crippen LogP contribution in [-0.4, -0.2) is 34.4 Å². The van der Waals surface area contributed by atoms with Gasteiger partial charge in [-0.25, -0.2) is 10.5 Å². The molecule has 0 aromatic rings. The van der Waals surface area contributed by atoms with Crippen molar-refractivity contribution in [2.75, 3.05) is 0 Å². The van der Waals surface area contributed by atoms with Gasteiger partial charge in [0.25, 0.3) is 0 Å². The van der Waals surface area contributed by atoms with E-state index in [-0.39, 0.29) is 23.9 Å². The molecule has 4 heavy (non-hydrogen) atoms. The van der Waals surface area contributed by atoms with Crippen molar-refractivity contribution in [2.45, 2.75) is 0 Å². The number of hydrogen-bond acceptors (Lipinski definition) is 3. The summed E-state index contributed by atoms with van der Waals surface area (Å²) < 4.78 is 0. The summed E-state index contributed by atoms with van der Waals surface area (Å²) in [5, 5.41) is 15.5. The van der Waals surface area contributed by atoms with Gasteiger partial charge in [-0.05, 0) is 0 Å². The predicted molar refractivity (Wildman–Crippen MR) is 12.1 cm³/mol. The first-order valence-corrected chi connectivity index (χ1v) is 0.365. The van der Waals surface area contributed by atoms with Gasteiger partial charge in [-0.2, -0.15) is 0 Å². The van der Waals surface area contributed by atoms with Crippen LogP contribution in [0.3, 0.4) is 0 Å². The minimum Gasteiger partial charge on any atom is -0.221 e. The third-order valence-electron chi connectivity index (χ3n) is 0. The van der Waals surface area contributed by atoms with Gasteiger partial charge < -0.3 is 0 Å². The molecule has 0 aliphatic rings. The summed E-state index contributed by atoms with van der Waals surface area (Å²) in [6.07, 6.45) is 0. The Labute approximate surface area is 40.0 Å². The zero-order valence-electron chi connectivity index (χ0n) is 1.80. The van der Waals surface area contributed by atoms with Crippen LogP contribution in [0.25, 0.3) is 0 Å². The van der Waals surface area contributed by atoms with Crippen LogP contribution in [0.1, 0.15) is 0 Å². The summed E-state index contributed by atoms with van der Waals surface area (Å²) in [5.41, 5.74) is 0. The van der Waals surface area contributed by atoms with E-state index in [1.54, 1.807) is 0 Å².